The molecule has 1 aliphatic rings. The normalized spacial score (nSPS) is 27.3. The molecule has 0 amide bonds. The molecule has 0 saturated heterocycles. The van der Waals surface area contributed by atoms with Crippen LogP contribution >= 0.6 is 0 Å². The number of carboxylic acid groups (broad SMARTS) is 1. The second-order valence-corrected chi connectivity index (χ2v) is 8.06. The first-order valence-corrected chi connectivity index (χ1v) is 10.3. The van der Waals surface area contributed by atoms with Crippen LogP contribution in [-0.4, -0.2) is 39.4 Å². The Morgan fingerprint density at radius 2 is 1.96 bits per heavy atom. The van der Waals surface area contributed by atoms with Crippen LogP contribution in [0.1, 0.15) is 78.1 Å². The number of aliphatic hydroxyl groups is 2. The first-order valence-electron chi connectivity index (χ1n) is 10.3. The van der Waals surface area contributed by atoms with Gasteiger partial charge in [-0.2, -0.15) is 0 Å². The second kappa shape index (κ2) is 11.7. The summed E-state index contributed by atoms with van der Waals surface area (Å²) in [5.41, 5.74) is 0. The Morgan fingerprint density at radius 1 is 1.26 bits per heavy atom. The molecule has 0 aromatic rings. The van der Waals surface area contributed by atoms with Gasteiger partial charge in [-0.15, -0.1) is 0 Å². The Labute approximate surface area is 161 Å². The molecular formula is C21H36F2O4. The van der Waals surface area contributed by atoms with Crippen LogP contribution in [0.3, 0.4) is 0 Å². The van der Waals surface area contributed by atoms with Crippen LogP contribution in [0, 0.1) is 17.8 Å². The molecule has 1 rings (SSSR count). The quantitative estimate of drug-likeness (QED) is 0.312. The number of hydrogen-bond donors (Lipinski definition) is 3. The minimum atomic E-state index is -3.05. The SMILES string of the molecule is CCCCC(F)(F)[C@@H](O)CC[C@H]1C(C)C[C@H](O)C1C/C=C\CCCC(=O)O. The van der Waals surface area contributed by atoms with Crippen molar-refractivity contribution in [2.24, 2.45) is 17.8 Å². The molecule has 0 aromatic carbocycles. The number of hydrogen-bond acceptors (Lipinski definition) is 3. The summed E-state index contributed by atoms with van der Waals surface area (Å²) < 4.78 is 27.9. The summed E-state index contributed by atoms with van der Waals surface area (Å²) in [6.45, 7) is 3.88. The molecular weight excluding hydrogens is 354 g/mol. The number of alkyl halides is 2. The lowest BCUT2D eigenvalue weighted by molar-refractivity contribution is -0.137. The lowest BCUT2D eigenvalue weighted by atomic mass is 9.82. The Balaban J connectivity index is 2.50. The second-order valence-electron chi connectivity index (χ2n) is 8.06. The third-order valence-electron chi connectivity index (χ3n) is 5.85. The van der Waals surface area contributed by atoms with Gasteiger partial charge in [0.25, 0.3) is 5.92 Å². The highest BCUT2D eigenvalue weighted by molar-refractivity contribution is 5.66. The third kappa shape index (κ3) is 8.26. The van der Waals surface area contributed by atoms with Crippen LogP contribution in [0.25, 0.3) is 0 Å². The Kier molecular flexibility index (Phi) is 10.5. The maximum Gasteiger partial charge on any atom is 0.303 e. The Morgan fingerprint density at radius 3 is 2.59 bits per heavy atom. The van der Waals surface area contributed by atoms with Gasteiger partial charge < -0.3 is 15.3 Å². The molecule has 0 radical (unpaired) electrons. The van der Waals surface area contributed by atoms with Crippen molar-refractivity contribution < 1.29 is 28.9 Å². The van der Waals surface area contributed by atoms with Crippen molar-refractivity contribution in [3.8, 4) is 0 Å². The molecule has 5 atom stereocenters. The molecule has 27 heavy (non-hydrogen) atoms. The molecule has 6 heteroatoms. The summed E-state index contributed by atoms with van der Waals surface area (Å²) in [4.78, 5) is 10.5. The number of aliphatic carboxylic acids is 1. The van der Waals surface area contributed by atoms with E-state index >= 15 is 0 Å². The number of halogens is 2. The molecule has 0 bridgehead atoms. The molecule has 0 heterocycles. The van der Waals surface area contributed by atoms with E-state index in [-0.39, 0.29) is 37.0 Å². The van der Waals surface area contributed by atoms with Crippen LogP contribution in [0.15, 0.2) is 12.2 Å². The zero-order valence-electron chi connectivity index (χ0n) is 16.6. The smallest absolute Gasteiger partial charge is 0.303 e. The number of carboxylic acids is 1. The fourth-order valence-electron chi connectivity index (χ4n) is 4.15. The number of rotatable bonds is 13. The molecule has 0 aromatic heterocycles. The van der Waals surface area contributed by atoms with Gasteiger partial charge >= 0.3 is 5.97 Å². The van der Waals surface area contributed by atoms with Crippen LogP contribution in [0.5, 0.6) is 0 Å². The molecule has 3 N–H and O–H groups in total. The first-order chi connectivity index (χ1) is 12.7. The predicted octanol–water partition coefficient (Wildman–Crippen LogP) is 4.79. The van der Waals surface area contributed by atoms with E-state index < -0.39 is 24.1 Å². The minimum absolute atomic E-state index is 0.00666. The lowest BCUT2D eigenvalue weighted by Crippen LogP contribution is -2.34. The van der Waals surface area contributed by atoms with E-state index in [1.165, 1.54) is 0 Å². The van der Waals surface area contributed by atoms with E-state index in [0.717, 1.165) is 0 Å². The van der Waals surface area contributed by atoms with Gasteiger partial charge in [-0.05, 0) is 62.7 Å². The van der Waals surface area contributed by atoms with Crippen molar-refractivity contribution in [2.45, 2.75) is 96.2 Å². The molecule has 4 nitrogen and oxygen atoms in total. The molecule has 1 fully saturated rings. The highest BCUT2D eigenvalue weighted by atomic mass is 19.3. The van der Waals surface area contributed by atoms with Gasteiger partial charge in [0.2, 0.25) is 0 Å². The van der Waals surface area contributed by atoms with Crippen LogP contribution < -0.4 is 0 Å². The monoisotopic (exact) mass is 390 g/mol. The summed E-state index contributed by atoms with van der Waals surface area (Å²) in [7, 11) is 0. The molecule has 0 spiro atoms. The predicted molar refractivity (Wildman–Crippen MR) is 102 cm³/mol. The van der Waals surface area contributed by atoms with Gasteiger partial charge in [-0.25, -0.2) is 8.78 Å². The average Bonchev–Trinajstić information content (AvgIpc) is 2.86. The van der Waals surface area contributed by atoms with Crippen molar-refractivity contribution in [1.29, 1.82) is 0 Å². The summed E-state index contributed by atoms with van der Waals surface area (Å²) in [6, 6.07) is 0. The minimum Gasteiger partial charge on any atom is -0.481 e. The van der Waals surface area contributed by atoms with E-state index in [9.17, 15) is 23.8 Å². The summed E-state index contributed by atoms with van der Waals surface area (Å²) in [6.07, 6.45) is 5.87. The first kappa shape index (κ1) is 24.0. The third-order valence-corrected chi connectivity index (χ3v) is 5.85. The zero-order chi connectivity index (χ0) is 20.4. The van der Waals surface area contributed by atoms with Crippen molar-refractivity contribution in [1.82, 2.24) is 0 Å². The van der Waals surface area contributed by atoms with Crippen molar-refractivity contribution >= 4 is 5.97 Å². The van der Waals surface area contributed by atoms with Crippen molar-refractivity contribution in [3.05, 3.63) is 12.2 Å². The van der Waals surface area contributed by atoms with E-state index in [4.69, 9.17) is 5.11 Å². The van der Waals surface area contributed by atoms with Gasteiger partial charge in [0.1, 0.15) is 6.10 Å². The van der Waals surface area contributed by atoms with Crippen LogP contribution in [0.4, 0.5) is 8.78 Å². The average molecular weight is 391 g/mol. The molecule has 158 valence electrons. The fraction of sp³-hybridized carbons (Fsp3) is 0.857. The summed E-state index contributed by atoms with van der Waals surface area (Å²) in [5.74, 6) is -3.50. The van der Waals surface area contributed by atoms with Gasteiger partial charge in [0.05, 0.1) is 6.10 Å². The van der Waals surface area contributed by atoms with Crippen LogP contribution in [-0.2, 0) is 4.79 Å². The highest BCUT2D eigenvalue weighted by Gasteiger charge is 2.42. The Bertz CT molecular complexity index is 467. The molecule has 2 unspecified atom stereocenters. The van der Waals surface area contributed by atoms with Gasteiger partial charge in [0.15, 0.2) is 0 Å². The Hall–Kier alpha value is -1.01. The van der Waals surface area contributed by atoms with Crippen molar-refractivity contribution in [2.75, 3.05) is 0 Å². The highest BCUT2D eigenvalue weighted by Crippen LogP contribution is 2.43. The summed E-state index contributed by atoms with van der Waals surface area (Å²) >= 11 is 0. The van der Waals surface area contributed by atoms with E-state index in [0.29, 0.717) is 44.9 Å². The van der Waals surface area contributed by atoms with Crippen LogP contribution in [0.2, 0.25) is 0 Å². The van der Waals surface area contributed by atoms with Gasteiger partial charge in [0, 0.05) is 12.8 Å². The van der Waals surface area contributed by atoms with E-state index in [1.54, 1.807) is 0 Å². The lowest BCUT2D eigenvalue weighted by Gasteiger charge is -2.27. The van der Waals surface area contributed by atoms with E-state index in [1.807, 2.05) is 26.0 Å². The van der Waals surface area contributed by atoms with Gasteiger partial charge in [-0.1, -0.05) is 32.4 Å². The molecule has 1 aliphatic carbocycles. The largest absolute Gasteiger partial charge is 0.481 e. The zero-order valence-corrected chi connectivity index (χ0v) is 16.6. The van der Waals surface area contributed by atoms with Crippen molar-refractivity contribution in [3.63, 3.8) is 0 Å². The number of allylic oxidation sites excluding steroid dienone is 2. The molecule has 0 aliphatic heterocycles. The topological polar surface area (TPSA) is 77.8 Å². The van der Waals surface area contributed by atoms with E-state index in [2.05, 4.69) is 0 Å². The number of unbranched alkanes of at least 4 members (excludes halogenated alkanes) is 2. The number of carbonyl (C=O) groups is 1. The standard InChI is InChI=1S/C21H36F2O4/c1-3-4-13-21(22,23)19(25)12-11-16-15(2)14-18(24)17(16)9-7-5-6-8-10-20(26)27/h5,7,15-19,24-25H,3-4,6,8-14H2,1-2H3,(H,26,27)/b7-5-/t15?,16-,17?,18-,19-/m0/s1. The fourth-order valence-corrected chi connectivity index (χ4v) is 4.15. The maximum absolute atomic E-state index is 14.0. The maximum atomic E-state index is 14.0. The summed E-state index contributed by atoms with van der Waals surface area (Å²) in [5, 5.41) is 28.9. The molecule has 1 saturated carbocycles. The van der Waals surface area contributed by atoms with Gasteiger partial charge in [-0.3, -0.25) is 4.79 Å². The number of aliphatic hydroxyl groups excluding tert-OH is 2.